The van der Waals surface area contributed by atoms with Crippen LogP contribution < -0.4 is 15.5 Å². The highest BCUT2D eigenvalue weighted by Crippen LogP contribution is 2.24. The van der Waals surface area contributed by atoms with E-state index in [4.69, 9.17) is 4.42 Å². The van der Waals surface area contributed by atoms with Crippen LogP contribution in [0.5, 0.6) is 0 Å². The van der Waals surface area contributed by atoms with E-state index in [2.05, 4.69) is 38.4 Å². The highest BCUT2D eigenvalue weighted by Gasteiger charge is 2.18. The first-order valence-electron chi connectivity index (χ1n) is 8.19. The van der Waals surface area contributed by atoms with Crippen molar-refractivity contribution in [3.05, 3.63) is 46.8 Å². The molecule has 6 nitrogen and oxygen atoms in total. The van der Waals surface area contributed by atoms with Crippen molar-refractivity contribution < 1.29 is 14.0 Å². The molecule has 0 spiro atoms. The predicted molar refractivity (Wildman–Crippen MR) is 99.8 cm³/mol. The Kier molecular flexibility index (Phi) is 5.43. The molecule has 2 amide bonds. The molecule has 1 aliphatic rings. The lowest BCUT2D eigenvalue weighted by Gasteiger charge is -2.18. The smallest absolute Gasteiger partial charge is 0.287 e. The fraction of sp³-hybridized carbons (Fsp3) is 0.333. The van der Waals surface area contributed by atoms with Crippen molar-refractivity contribution >= 4 is 39.1 Å². The summed E-state index contributed by atoms with van der Waals surface area (Å²) in [7, 11) is 0. The molecule has 1 saturated heterocycles. The zero-order chi connectivity index (χ0) is 17.8. The number of carbonyl (C=O) groups is 2. The molecule has 2 heterocycles. The van der Waals surface area contributed by atoms with Gasteiger partial charge in [-0.1, -0.05) is 6.92 Å². The number of benzene rings is 1. The third-order valence-electron chi connectivity index (χ3n) is 4.15. The van der Waals surface area contributed by atoms with Crippen LogP contribution in [0.3, 0.4) is 0 Å². The summed E-state index contributed by atoms with van der Waals surface area (Å²) < 4.78 is 5.60. The van der Waals surface area contributed by atoms with Gasteiger partial charge in [0.05, 0.1) is 6.54 Å². The SMILES string of the molecule is CC1CCN(c2ccc(NC(=O)CNC(=O)c3ccc(Br)o3)cc2)C1. The molecule has 2 aromatic rings. The first-order chi connectivity index (χ1) is 12.0. The molecule has 0 saturated carbocycles. The van der Waals surface area contributed by atoms with Crippen molar-refractivity contribution in [1.82, 2.24) is 5.32 Å². The van der Waals surface area contributed by atoms with Gasteiger partial charge >= 0.3 is 0 Å². The summed E-state index contributed by atoms with van der Waals surface area (Å²) in [5.74, 6) is 0.155. The molecule has 132 valence electrons. The highest BCUT2D eigenvalue weighted by atomic mass is 79.9. The molecular weight excluding hydrogens is 386 g/mol. The zero-order valence-corrected chi connectivity index (χ0v) is 15.5. The standard InChI is InChI=1S/C18H20BrN3O3/c1-12-8-9-22(11-12)14-4-2-13(3-5-14)21-17(23)10-20-18(24)15-6-7-16(19)25-15/h2-7,12H,8-11H2,1H3,(H,20,24)(H,21,23). The Bertz CT molecular complexity index is 757. The van der Waals surface area contributed by atoms with Gasteiger partial charge in [-0.2, -0.15) is 0 Å². The monoisotopic (exact) mass is 405 g/mol. The van der Waals surface area contributed by atoms with Crippen LogP contribution in [0.1, 0.15) is 23.9 Å². The average Bonchev–Trinajstić information content (AvgIpc) is 3.22. The predicted octanol–water partition coefficient (Wildman–Crippen LogP) is 3.26. The summed E-state index contributed by atoms with van der Waals surface area (Å²) in [5, 5.41) is 5.29. The molecule has 0 bridgehead atoms. The Morgan fingerprint density at radius 2 is 2.00 bits per heavy atom. The van der Waals surface area contributed by atoms with Gasteiger partial charge < -0.3 is 20.0 Å². The Balaban J connectivity index is 1.48. The van der Waals surface area contributed by atoms with Gasteiger partial charge in [-0.15, -0.1) is 0 Å². The van der Waals surface area contributed by atoms with E-state index in [9.17, 15) is 9.59 Å². The Labute approximate surface area is 154 Å². The third kappa shape index (κ3) is 4.63. The van der Waals surface area contributed by atoms with Gasteiger partial charge in [0.25, 0.3) is 5.91 Å². The Morgan fingerprint density at radius 3 is 2.60 bits per heavy atom. The van der Waals surface area contributed by atoms with E-state index in [-0.39, 0.29) is 18.2 Å². The molecule has 3 rings (SSSR count). The maximum atomic E-state index is 12.0. The van der Waals surface area contributed by atoms with E-state index in [0.29, 0.717) is 10.4 Å². The molecule has 25 heavy (non-hydrogen) atoms. The number of hydrogen-bond acceptors (Lipinski definition) is 4. The minimum Gasteiger partial charge on any atom is -0.444 e. The molecule has 1 atom stereocenters. The summed E-state index contributed by atoms with van der Waals surface area (Å²) in [6, 6.07) is 10.9. The van der Waals surface area contributed by atoms with E-state index in [1.54, 1.807) is 6.07 Å². The second-order valence-electron chi connectivity index (χ2n) is 6.22. The second-order valence-corrected chi connectivity index (χ2v) is 7.00. The lowest BCUT2D eigenvalue weighted by Crippen LogP contribution is -2.32. The van der Waals surface area contributed by atoms with E-state index in [0.717, 1.165) is 19.0 Å². The lowest BCUT2D eigenvalue weighted by atomic mass is 10.2. The number of nitrogens with one attached hydrogen (secondary N) is 2. The van der Waals surface area contributed by atoms with Crippen molar-refractivity contribution in [2.24, 2.45) is 5.92 Å². The molecular formula is C18H20BrN3O3. The minimum absolute atomic E-state index is 0.122. The van der Waals surface area contributed by atoms with Gasteiger partial charge in [0.2, 0.25) is 5.91 Å². The van der Waals surface area contributed by atoms with Crippen molar-refractivity contribution in [3.63, 3.8) is 0 Å². The van der Waals surface area contributed by atoms with Gasteiger partial charge in [0.1, 0.15) is 0 Å². The normalized spacial score (nSPS) is 16.7. The van der Waals surface area contributed by atoms with Crippen molar-refractivity contribution in [1.29, 1.82) is 0 Å². The number of furan rings is 1. The number of nitrogens with zero attached hydrogens (tertiary/aromatic N) is 1. The maximum absolute atomic E-state index is 12.0. The first kappa shape index (κ1) is 17.5. The van der Waals surface area contributed by atoms with Gasteiger partial charge in [0.15, 0.2) is 10.4 Å². The summed E-state index contributed by atoms with van der Waals surface area (Å²) in [6.45, 7) is 4.27. The highest BCUT2D eigenvalue weighted by molar-refractivity contribution is 9.10. The van der Waals surface area contributed by atoms with Gasteiger partial charge in [-0.05, 0) is 64.7 Å². The largest absolute Gasteiger partial charge is 0.444 e. The number of anilines is 2. The minimum atomic E-state index is -0.431. The van der Waals surface area contributed by atoms with Crippen LogP contribution in [0.2, 0.25) is 0 Å². The van der Waals surface area contributed by atoms with Crippen LogP contribution in [0.15, 0.2) is 45.5 Å². The number of carbonyl (C=O) groups excluding carboxylic acids is 2. The van der Waals surface area contributed by atoms with E-state index in [1.807, 2.05) is 24.3 Å². The molecule has 1 aromatic heterocycles. The summed E-state index contributed by atoms with van der Waals surface area (Å²) in [6.07, 6.45) is 1.21. The van der Waals surface area contributed by atoms with Crippen molar-refractivity contribution in [2.75, 3.05) is 29.9 Å². The fourth-order valence-electron chi connectivity index (χ4n) is 2.81. The molecule has 1 fully saturated rings. The first-order valence-corrected chi connectivity index (χ1v) is 8.99. The van der Waals surface area contributed by atoms with Crippen molar-refractivity contribution in [3.8, 4) is 0 Å². The summed E-state index contributed by atoms with van der Waals surface area (Å²) >= 11 is 3.13. The van der Waals surface area contributed by atoms with Gasteiger partial charge in [0, 0.05) is 24.5 Å². The third-order valence-corrected chi connectivity index (χ3v) is 4.57. The number of hydrogen-bond donors (Lipinski definition) is 2. The average molecular weight is 406 g/mol. The molecule has 0 radical (unpaired) electrons. The van der Waals surface area contributed by atoms with Crippen LogP contribution in [0, 0.1) is 5.92 Å². The van der Waals surface area contributed by atoms with Gasteiger partial charge in [-0.25, -0.2) is 0 Å². The van der Waals surface area contributed by atoms with E-state index < -0.39 is 5.91 Å². The van der Waals surface area contributed by atoms with E-state index >= 15 is 0 Å². The molecule has 0 aliphatic carbocycles. The Morgan fingerprint density at radius 1 is 1.24 bits per heavy atom. The zero-order valence-electron chi connectivity index (χ0n) is 13.9. The van der Waals surface area contributed by atoms with Crippen LogP contribution in [-0.2, 0) is 4.79 Å². The molecule has 1 aromatic carbocycles. The molecule has 2 N–H and O–H groups in total. The molecule has 1 unspecified atom stereocenters. The number of halogens is 1. The molecule has 1 aliphatic heterocycles. The Hall–Kier alpha value is -2.28. The second kappa shape index (κ2) is 7.74. The number of amides is 2. The van der Waals surface area contributed by atoms with Crippen LogP contribution in [0.25, 0.3) is 0 Å². The van der Waals surface area contributed by atoms with Gasteiger partial charge in [-0.3, -0.25) is 9.59 Å². The van der Waals surface area contributed by atoms with Crippen LogP contribution in [-0.4, -0.2) is 31.4 Å². The van der Waals surface area contributed by atoms with Crippen LogP contribution in [0.4, 0.5) is 11.4 Å². The van der Waals surface area contributed by atoms with Crippen molar-refractivity contribution in [2.45, 2.75) is 13.3 Å². The summed E-state index contributed by atoms with van der Waals surface area (Å²) in [4.78, 5) is 26.1. The molecule has 7 heteroatoms. The van der Waals surface area contributed by atoms with E-state index in [1.165, 1.54) is 18.2 Å². The van der Waals surface area contributed by atoms with Crippen LogP contribution >= 0.6 is 15.9 Å². The fourth-order valence-corrected chi connectivity index (χ4v) is 3.12. The maximum Gasteiger partial charge on any atom is 0.287 e. The summed E-state index contributed by atoms with van der Waals surface area (Å²) in [5.41, 5.74) is 1.87. The number of rotatable bonds is 5. The topological polar surface area (TPSA) is 74.6 Å². The lowest BCUT2D eigenvalue weighted by molar-refractivity contribution is -0.115. The quantitative estimate of drug-likeness (QED) is 0.800.